The molecular formula is C10H12N2O2. The van der Waals surface area contributed by atoms with Crippen LogP contribution in [-0.2, 0) is 0 Å². The first-order chi connectivity index (χ1) is 6.65. The highest BCUT2D eigenvalue weighted by molar-refractivity contribution is 5.91. The zero-order valence-corrected chi connectivity index (χ0v) is 8.28. The SMILES string of the molecule is Cc1ccc(C(=O)N(C)CCC#N)o1. The molecular weight excluding hydrogens is 180 g/mol. The first-order valence-electron chi connectivity index (χ1n) is 4.34. The maximum Gasteiger partial charge on any atom is 0.289 e. The van der Waals surface area contributed by atoms with Crippen LogP contribution in [0.25, 0.3) is 0 Å². The smallest absolute Gasteiger partial charge is 0.289 e. The number of hydrogen-bond acceptors (Lipinski definition) is 3. The fourth-order valence-electron chi connectivity index (χ4n) is 1.06. The molecule has 0 spiro atoms. The molecule has 4 heteroatoms. The van der Waals surface area contributed by atoms with Crippen LogP contribution in [-0.4, -0.2) is 24.4 Å². The standard InChI is InChI=1S/C10H12N2O2/c1-8-4-5-9(14-8)10(13)12(2)7-3-6-11/h4-5H,3,7H2,1-2H3. The second kappa shape index (κ2) is 4.47. The van der Waals surface area contributed by atoms with Gasteiger partial charge in [-0.05, 0) is 19.1 Å². The van der Waals surface area contributed by atoms with Gasteiger partial charge in [0.05, 0.1) is 12.5 Å². The van der Waals surface area contributed by atoms with Crippen LogP contribution in [0.1, 0.15) is 22.7 Å². The molecule has 4 nitrogen and oxygen atoms in total. The van der Waals surface area contributed by atoms with E-state index in [2.05, 4.69) is 0 Å². The number of rotatable bonds is 3. The Bertz CT molecular complexity index is 362. The maximum absolute atomic E-state index is 11.6. The molecule has 14 heavy (non-hydrogen) atoms. The highest BCUT2D eigenvalue weighted by atomic mass is 16.3. The van der Waals surface area contributed by atoms with Gasteiger partial charge < -0.3 is 9.32 Å². The summed E-state index contributed by atoms with van der Waals surface area (Å²) in [7, 11) is 1.65. The van der Waals surface area contributed by atoms with Gasteiger partial charge in [-0.2, -0.15) is 5.26 Å². The molecule has 0 aliphatic carbocycles. The molecule has 0 aliphatic rings. The molecule has 0 N–H and O–H groups in total. The van der Waals surface area contributed by atoms with Gasteiger partial charge in [-0.25, -0.2) is 0 Å². The lowest BCUT2D eigenvalue weighted by Gasteiger charge is -2.12. The summed E-state index contributed by atoms with van der Waals surface area (Å²) < 4.78 is 5.17. The number of carbonyl (C=O) groups excluding carboxylic acids is 1. The zero-order chi connectivity index (χ0) is 10.6. The number of nitriles is 1. The first-order valence-corrected chi connectivity index (χ1v) is 4.34. The third-order valence-corrected chi connectivity index (χ3v) is 1.86. The molecule has 1 amide bonds. The predicted octanol–water partition coefficient (Wildman–Crippen LogP) is 1.57. The van der Waals surface area contributed by atoms with Crippen LogP contribution < -0.4 is 0 Å². The second-order valence-electron chi connectivity index (χ2n) is 3.05. The highest BCUT2D eigenvalue weighted by Crippen LogP contribution is 2.08. The Kier molecular flexibility index (Phi) is 3.29. The van der Waals surface area contributed by atoms with Crippen LogP contribution in [0, 0.1) is 18.3 Å². The van der Waals surface area contributed by atoms with Crippen molar-refractivity contribution >= 4 is 5.91 Å². The van der Waals surface area contributed by atoms with Crippen molar-refractivity contribution in [1.82, 2.24) is 4.90 Å². The number of nitrogens with zero attached hydrogens (tertiary/aromatic N) is 2. The van der Waals surface area contributed by atoms with Gasteiger partial charge in [0, 0.05) is 13.6 Å². The molecule has 0 aromatic carbocycles. The van der Waals surface area contributed by atoms with Gasteiger partial charge in [-0.3, -0.25) is 4.79 Å². The molecule has 0 fully saturated rings. The topological polar surface area (TPSA) is 57.2 Å². The fourth-order valence-corrected chi connectivity index (χ4v) is 1.06. The normalized spacial score (nSPS) is 9.50. The van der Waals surface area contributed by atoms with Gasteiger partial charge in [-0.15, -0.1) is 0 Å². The monoisotopic (exact) mass is 192 g/mol. The summed E-state index contributed by atoms with van der Waals surface area (Å²) in [5.41, 5.74) is 0. The Hall–Kier alpha value is -1.76. The lowest BCUT2D eigenvalue weighted by molar-refractivity contribution is 0.0765. The number of carbonyl (C=O) groups is 1. The number of hydrogen-bond donors (Lipinski definition) is 0. The fraction of sp³-hybridized carbons (Fsp3) is 0.400. The van der Waals surface area contributed by atoms with E-state index in [0.717, 1.165) is 0 Å². The van der Waals surface area contributed by atoms with Crippen molar-refractivity contribution in [3.63, 3.8) is 0 Å². The summed E-state index contributed by atoms with van der Waals surface area (Å²) in [4.78, 5) is 13.1. The predicted molar refractivity (Wildman–Crippen MR) is 50.6 cm³/mol. The third kappa shape index (κ3) is 2.36. The Morgan fingerprint density at radius 2 is 2.36 bits per heavy atom. The molecule has 1 rings (SSSR count). The van der Waals surface area contributed by atoms with Crippen LogP contribution >= 0.6 is 0 Å². The molecule has 1 aromatic rings. The molecule has 0 atom stereocenters. The minimum Gasteiger partial charge on any atom is -0.456 e. The van der Waals surface area contributed by atoms with E-state index in [1.807, 2.05) is 6.07 Å². The zero-order valence-electron chi connectivity index (χ0n) is 8.28. The van der Waals surface area contributed by atoms with Gasteiger partial charge in [0.2, 0.25) is 0 Å². The second-order valence-corrected chi connectivity index (χ2v) is 3.05. The molecule has 0 unspecified atom stereocenters. The van der Waals surface area contributed by atoms with Crippen LogP contribution in [0.3, 0.4) is 0 Å². The van der Waals surface area contributed by atoms with E-state index < -0.39 is 0 Å². The average molecular weight is 192 g/mol. The van der Waals surface area contributed by atoms with Crippen molar-refractivity contribution in [2.75, 3.05) is 13.6 Å². The molecule has 0 aliphatic heterocycles. The Morgan fingerprint density at radius 3 is 2.86 bits per heavy atom. The molecule has 0 saturated carbocycles. The molecule has 74 valence electrons. The van der Waals surface area contributed by atoms with Crippen LogP contribution in [0.15, 0.2) is 16.5 Å². The Labute approximate surface area is 82.7 Å². The van der Waals surface area contributed by atoms with Crippen molar-refractivity contribution in [2.24, 2.45) is 0 Å². The summed E-state index contributed by atoms with van der Waals surface area (Å²) in [6.45, 7) is 2.21. The van der Waals surface area contributed by atoms with Crippen molar-refractivity contribution in [3.05, 3.63) is 23.7 Å². The molecule has 0 bridgehead atoms. The number of aryl methyl sites for hydroxylation is 1. The molecule has 0 radical (unpaired) electrons. The summed E-state index contributed by atoms with van der Waals surface area (Å²) in [5.74, 6) is 0.846. The maximum atomic E-state index is 11.6. The number of furan rings is 1. The van der Waals surface area contributed by atoms with Crippen LogP contribution in [0.4, 0.5) is 0 Å². The van der Waals surface area contributed by atoms with Crippen LogP contribution in [0.2, 0.25) is 0 Å². The number of amides is 1. The largest absolute Gasteiger partial charge is 0.456 e. The van der Waals surface area contributed by atoms with E-state index in [4.69, 9.17) is 9.68 Å². The van der Waals surface area contributed by atoms with E-state index in [0.29, 0.717) is 24.5 Å². The van der Waals surface area contributed by atoms with Gasteiger partial charge in [0.25, 0.3) is 5.91 Å². The van der Waals surface area contributed by atoms with Gasteiger partial charge >= 0.3 is 0 Å². The first kappa shape index (κ1) is 10.3. The Balaban J connectivity index is 2.62. The summed E-state index contributed by atoms with van der Waals surface area (Å²) >= 11 is 0. The van der Waals surface area contributed by atoms with E-state index in [1.54, 1.807) is 26.1 Å². The minimum atomic E-state index is -0.187. The Morgan fingerprint density at radius 1 is 1.64 bits per heavy atom. The molecule has 0 saturated heterocycles. The van der Waals surface area contributed by atoms with E-state index in [9.17, 15) is 4.79 Å². The van der Waals surface area contributed by atoms with E-state index in [1.165, 1.54) is 4.90 Å². The summed E-state index contributed by atoms with van der Waals surface area (Å²) in [6.07, 6.45) is 0.335. The van der Waals surface area contributed by atoms with Gasteiger partial charge in [-0.1, -0.05) is 0 Å². The lowest BCUT2D eigenvalue weighted by atomic mass is 10.3. The third-order valence-electron chi connectivity index (χ3n) is 1.86. The summed E-state index contributed by atoms with van der Waals surface area (Å²) in [5, 5.41) is 8.36. The lowest BCUT2D eigenvalue weighted by Crippen LogP contribution is -2.27. The van der Waals surface area contributed by atoms with E-state index in [-0.39, 0.29) is 5.91 Å². The van der Waals surface area contributed by atoms with E-state index >= 15 is 0 Å². The van der Waals surface area contributed by atoms with Crippen molar-refractivity contribution in [2.45, 2.75) is 13.3 Å². The quantitative estimate of drug-likeness (QED) is 0.730. The van der Waals surface area contributed by atoms with Gasteiger partial charge in [0.15, 0.2) is 5.76 Å². The highest BCUT2D eigenvalue weighted by Gasteiger charge is 2.14. The van der Waals surface area contributed by atoms with Gasteiger partial charge in [0.1, 0.15) is 5.76 Å². The minimum absolute atomic E-state index is 0.187. The summed E-state index contributed by atoms with van der Waals surface area (Å²) in [6, 6.07) is 5.37. The molecule has 1 heterocycles. The molecule has 1 aromatic heterocycles. The van der Waals surface area contributed by atoms with Crippen molar-refractivity contribution < 1.29 is 9.21 Å². The average Bonchev–Trinajstić information content (AvgIpc) is 2.60. The van der Waals surface area contributed by atoms with Crippen molar-refractivity contribution in [3.8, 4) is 6.07 Å². The van der Waals surface area contributed by atoms with Crippen LogP contribution in [0.5, 0.6) is 0 Å². The van der Waals surface area contributed by atoms with Crippen molar-refractivity contribution in [1.29, 1.82) is 5.26 Å².